The van der Waals surface area contributed by atoms with Crippen LogP contribution in [0.5, 0.6) is 11.5 Å². The Morgan fingerprint density at radius 1 is 1.03 bits per heavy atom. The van der Waals surface area contributed by atoms with Gasteiger partial charge in [-0.3, -0.25) is 9.69 Å². The molecule has 0 aliphatic carbocycles. The second-order valence-electron chi connectivity index (χ2n) is 8.85. The molecule has 32 heavy (non-hydrogen) atoms. The second kappa shape index (κ2) is 8.64. The first-order valence-electron chi connectivity index (χ1n) is 11.3. The first-order valence-corrected chi connectivity index (χ1v) is 11.3. The minimum Gasteiger partial charge on any atom is -0.507 e. The third-order valence-electron chi connectivity index (χ3n) is 6.35. The summed E-state index contributed by atoms with van der Waals surface area (Å²) >= 11 is 0. The van der Waals surface area contributed by atoms with Gasteiger partial charge in [-0.15, -0.1) is 0 Å². The lowest BCUT2D eigenvalue weighted by Gasteiger charge is -2.31. The van der Waals surface area contributed by atoms with E-state index in [1.807, 2.05) is 42.5 Å². The number of benzene rings is 3. The minimum atomic E-state index is -0.139. The molecular weight excluding hydrogens is 398 g/mol. The molecule has 4 nitrogen and oxygen atoms in total. The highest BCUT2D eigenvalue weighted by Crippen LogP contribution is 2.40. The highest BCUT2D eigenvalue weighted by molar-refractivity contribution is 6.15. The molecule has 0 spiro atoms. The maximum Gasteiger partial charge on any atom is 0.231 e. The summed E-state index contributed by atoms with van der Waals surface area (Å²) in [6.45, 7) is 4.84. The van der Waals surface area contributed by atoms with E-state index in [9.17, 15) is 9.90 Å². The molecule has 1 unspecified atom stereocenters. The van der Waals surface area contributed by atoms with Gasteiger partial charge in [-0.1, -0.05) is 61.5 Å². The number of fused-ring (bicyclic) bond motifs is 1. The van der Waals surface area contributed by atoms with Gasteiger partial charge < -0.3 is 9.84 Å². The molecular formula is C28H27NO3. The summed E-state index contributed by atoms with van der Waals surface area (Å²) in [4.78, 5) is 15.3. The van der Waals surface area contributed by atoms with E-state index >= 15 is 0 Å². The Bertz CT molecular complexity index is 1170. The molecule has 5 rings (SSSR count). The number of phenolic OH excluding ortho intramolecular Hbond substituents is 1. The number of allylic oxidation sites excluding steroid dienone is 1. The van der Waals surface area contributed by atoms with Gasteiger partial charge in [0.1, 0.15) is 11.5 Å². The summed E-state index contributed by atoms with van der Waals surface area (Å²) in [5.41, 5.74) is 4.40. The third-order valence-corrected chi connectivity index (χ3v) is 6.35. The van der Waals surface area contributed by atoms with Crippen molar-refractivity contribution in [1.29, 1.82) is 0 Å². The molecule has 1 fully saturated rings. The largest absolute Gasteiger partial charge is 0.507 e. The standard InChI is InChI=1S/C28H27NO3/c1-19-6-5-15-29(17-19)18-24-25(30)14-13-23-27(31)26(32-28(23)24)16-20-9-11-22(12-10-20)21-7-3-2-4-8-21/h2-4,7-14,16,19,30H,5-6,15,17-18H2,1H3/b26-16+. The average molecular weight is 426 g/mol. The van der Waals surface area contributed by atoms with Crippen molar-refractivity contribution in [3.8, 4) is 22.6 Å². The van der Waals surface area contributed by atoms with E-state index in [0.29, 0.717) is 35.1 Å². The van der Waals surface area contributed by atoms with Gasteiger partial charge in [0, 0.05) is 13.1 Å². The topological polar surface area (TPSA) is 49.8 Å². The normalized spacial score (nSPS) is 19.7. The van der Waals surface area contributed by atoms with Crippen LogP contribution in [-0.4, -0.2) is 28.9 Å². The van der Waals surface area contributed by atoms with Crippen LogP contribution in [-0.2, 0) is 6.54 Å². The molecule has 1 saturated heterocycles. The van der Waals surface area contributed by atoms with Crippen molar-refractivity contribution in [3.05, 3.63) is 89.2 Å². The van der Waals surface area contributed by atoms with E-state index in [0.717, 1.165) is 36.2 Å². The van der Waals surface area contributed by atoms with Crippen molar-refractivity contribution in [2.24, 2.45) is 5.92 Å². The summed E-state index contributed by atoms with van der Waals surface area (Å²) < 4.78 is 6.04. The Hall–Kier alpha value is -3.37. The fourth-order valence-electron chi connectivity index (χ4n) is 4.66. The molecule has 2 aliphatic rings. The van der Waals surface area contributed by atoms with E-state index in [1.165, 1.54) is 6.42 Å². The lowest BCUT2D eigenvalue weighted by molar-refractivity contribution is 0.101. The van der Waals surface area contributed by atoms with Crippen LogP contribution in [0, 0.1) is 5.92 Å². The van der Waals surface area contributed by atoms with Gasteiger partial charge in [-0.05, 0) is 60.2 Å². The quantitative estimate of drug-likeness (QED) is 0.528. The van der Waals surface area contributed by atoms with Crippen LogP contribution in [0.15, 0.2) is 72.5 Å². The Morgan fingerprint density at radius 2 is 1.78 bits per heavy atom. The van der Waals surface area contributed by atoms with Crippen LogP contribution in [0.1, 0.15) is 41.3 Å². The van der Waals surface area contributed by atoms with Gasteiger partial charge >= 0.3 is 0 Å². The molecule has 3 aromatic carbocycles. The van der Waals surface area contributed by atoms with Crippen LogP contribution in [0.4, 0.5) is 0 Å². The molecule has 1 N–H and O–H groups in total. The lowest BCUT2D eigenvalue weighted by Crippen LogP contribution is -2.33. The number of rotatable bonds is 4. The first-order chi connectivity index (χ1) is 15.6. The van der Waals surface area contributed by atoms with E-state index < -0.39 is 0 Å². The van der Waals surface area contributed by atoms with Crippen molar-refractivity contribution in [3.63, 3.8) is 0 Å². The maximum absolute atomic E-state index is 13.0. The molecule has 2 heterocycles. The molecule has 0 radical (unpaired) electrons. The van der Waals surface area contributed by atoms with Crippen LogP contribution in [0.25, 0.3) is 17.2 Å². The number of ketones is 1. The highest BCUT2D eigenvalue weighted by atomic mass is 16.5. The number of likely N-dealkylation sites (tertiary alicyclic amines) is 1. The highest BCUT2D eigenvalue weighted by Gasteiger charge is 2.32. The van der Waals surface area contributed by atoms with E-state index in [1.54, 1.807) is 18.2 Å². The summed E-state index contributed by atoms with van der Waals surface area (Å²) in [7, 11) is 0. The zero-order chi connectivity index (χ0) is 22.1. The number of piperidine rings is 1. The van der Waals surface area contributed by atoms with Crippen molar-refractivity contribution < 1.29 is 14.6 Å². The van der Waals surface area contributed by atoms with Crippen LogP contribution in [0.3, 0.4) is 0 Å². The van der Waals surface area contributed by atoms with Gasteiger partial charge in [0.2, 0.25) is 5.78 Å². The number of carbonyl (C=O) groups excluding carboxylic acids is 1. The number of hydrogen-bond donors (Lipinski definition) is 1. The Balaban J connectivity index is 1.39. The summed E-state index contributed by atoms with van der Waals surface area (Å²) in [6.07, 6.45) is 4.17. The lowest BCUT2D eigenvalue weighted by atomic mass is 9.99. The van der Waals surface area contributed by atoms with Crippen molar-refractivity contribution in [2.45, 2.75) is 26.3 Å². The van der Waals surface area contributed by atoms with Crippen LogP contribution in [0.2, 0.25) is 0 Å². The number of carbonyl (C=O) groups is 1. The first kappa shape index (κ1) is 20.5. The SMILES string of the molecule is CC1CCCN(Cc2c(O)ccc3c2O/C(=C/c2ccc(-c4ccccc4)cc2)C3=O)C1. The van der Waals surface area contributed by atoms with Gasteiger partial charge in [-0.25, -0.2) is 0 Å². The van der Waals surface area contributed by atoms with Gasteiger partial charge in [-0.2, -0.15) is 0 Å². The Labute approximate surface area is 188 Å². The summed E-state index contributed by atoms with van der Waals surface area (Å²) in [5.74, 6) is 1.48. The predicted molar refractivity (Wildman–Crippen MR) is 127 cm³/mol. The molecule has 0 bridgehead atoms. The molecule has 0 aromatic heterocycles. The van der Waals surface area contributed by atoms with Gasteiger partial charge in [0.25, 0.3) is 0 Å². The zero-order valence-electron chi connectivity index (χ0n) is 18.3. The Morgan fingerprint density at radius 3 is 2.53 bits per heavy atom. The third kappa shape index (κ3) is 4.06. The minimum absolute atomic E-state index is 0.139. The van der Waals surface area contributed by atoms with Crippen LogP contribution >= 0.6 is 0 Å². The molecule has 0 amide bonds. The smallest absolute Gasteiger partial charge is 0.231 e. The average Bonchev–Trinajstić information content (AvgIpc) is 3.12. The zero-order valence-corrected chi connectivity index (χ0v) is 18.3. The molecule has 1 atom stereocenters. The van der Waals surface area contributed by atoms with Crippen LogP contribution < -0.4 is 4.74 Å². The number of hydrogen-bond acceptors (Lipinski definition) is 4. The molecule has 3 aromatic rings. The van der Waals surface area contributed by atoms with Crippen molar-refractivity contribution in [2.75, 3.05) is 13.1 Å². The van der Waals surface area contributed by atoms with E-state index in [4.69, 9.17) is 4.74 Å². The monoisotopic (exact) mass is 425 g/mol. The van der Waals surface area contributed by atoms with E-state index in [2.05, 4.69) is 24.0 Å². The molecule has 162 valence electrons. The van der Waals surface area contributed by atoms with Gasteiger partial charge in [0.15, 0.2) is 5.76 Å². The molecule has 0 saturated carbocycles. The summed E-state index contributed by atoms with van der Waals surface area (Å²) in [5, 5.41) is 10.5. The number of nitrogens with zero attached hydrogens (tertiary/aromatic N) is 1. The number of ether oxygens (including phenoxy) is 1. The fraction of sp³-hybridized carbons (Fsp3) is 0.250. The van der Waals surface area contributed by atoms with Crippen molar-refractivity contribution >= 4 is 11.9 Å². The molecule has 4 heteroatoms. The molecule has 2 aliphatic heterocycles. The van der Waals surface area contributed by atoms with Crippen molar-refractivity contribution in [1.82, 2.24) is 4.90 Å². The van der Waals surface area contributed by atoms with E-state index in [-0.39, 0.29) is 11.5 Å². The maximum atomic E-state index is 13.0. The number of aromatic hydroxyl groups is 1. The number of phenols is 1. The Kier molecular flexibility index (Phi) is 5.54. The van der Waals surface area contributed by atoms with Gasteiger partial charge in [0.05, 0.1) is 11.1 Å². The number of Topliss-reactive ketones (excluding diaryl/α,β-unsaturated/α-hetero) is 1. The second-order valence-corrected chi connectivity index (χ2v) is 8.85. The predicted octanol–water partition coefficient (Wildman–Crippen LogP) is 5.91. The summed E-state index contributed by atoms with van der Waals surface area (Å²) in [6, 6.07) is 21.5. The fourth-order valence-corrected chi connectivity index (χ4v) is 4.66.